The van der Waals surface area contributed by atoms with E-state index in [-0.39, 0.29) is 11.9 Å². The number of nitrogens with zero attached hydrogens (tertiary/aromatic N) is 1. The van der Waals surface area contributed by atoms with Gasteiger partial charge in [0.25, 0.3) is 5.91 Å². The molecule has 1 aliphatic carbocycles. The zero-order valence-electron chi connectivity index (χ0n) is 11.7. The number of amides is 1. The summed E-state index contributed by atoms with van der Waals surface area (Å²) in [4.78, 5) is 27.8. The zero-order chi connectivity index (χ0) is 15.2. The first kappa shape index (κ1) is 15.5. The van der Waals surface area contributed by atoms with Crippen LogP contribution in [0.4, 0.5) is 5.82 Å². The molecule has 0 unspecified atom stereocenters. The first-order valence-electron chi connectivity index (χ1n) is 6.84. The van der Waals surface area contributed by atoms with E-state index in [1.54, 1.807) is 19.1 Å². The number of pyridine rings is 1. The maximum absolute atomic E-state index is 11.9. The molecule has 0 saturated carbocycles. The fraction of sp³-hybridized carbons (Fsp3) is 0.400. The molecule has 1 aliphatic rings. The van der Waals surface area contributed by atoms with Crippen LogP contribution >= 0.6 is 11.6 Å². The molecule has 0 bridgehead atoms. The van der Waals surface area contributed by atoms with Gasteiger partial charge in [-0.15, -0.1) is 0 Å². The Morgan fingerprint density at radius 3 is 2.86 bits per heavy atom. The number of nitrogens with one attached hydrogen (secondary N) is 1. The lowest BCUT2D eigenvalue weighted by atomic mass is 9.95. The molecule has 2 atom stereocenters. The highest BCUT2D eigenvalue weighted by Crippen LogP contribution is 2.20. The van der Waals surface area contributed by atoms with Crippen molar-refractivity contribution in [3.8, 4) is 0 Å². The summed E-state index contributed by atoms with van der Waals surface area (Å²) in [6.07, 6.45) is 6.90. The van der Waals surface area contributed by atoms with Crippen LogP contribution in [-0.4, -0.2) is 23.0 Å². The largest absolute Gasteiger partial charge is 0.452 e. The van der Waals surface area contributed by atoms with Gasteiger partial charge in [-0.3, -0.25) is 9.59 Å². The van der Waals surface area contributed by atoms with E-state index in [9.17, 15) is 9.59 Å². The molecule has 0 radical (unpaired) electrons. The number of halogens is 1. The lowest BCUT2D eigenvalue weighted by molar-refractivity contribution is -0.157. The van der Waals surface area contributed by atoms with Crippen LogP contribution in [0.3, 0.4) is 0 Å². The number of esters is 1. The summed E-state index contributed by atoms with van der Waals surface area (Å²) >= 11 is 5.72. The summed E-state index contributed by atoms with van der Waals surface area (Å²) < 4.78 is 5.21. The number of aromatic nitrogens is 1. The van der Waals surface area contributed by atoms with Crippen molar-refractivity contribution >= 4 is 29.3 Å². The Morgan fingerprint density at radius 2 is 2.24 bits per heavy atom. The molecule has 1 aromatic rings. The number of carbonyl (C=O) groups is 2. The Bertz CT molecular complexity index is 542. The van der Waals surface area contributed by atoms with E-state index in [1.807, 2.05) is 12.2 Å². The Kier molecular flexibility index (Phi) is 5.33. The van der Waals surface area contributed by atoms with Gasteiger partial charge < -0.3 is 10.1 Å². The monoisotopic (exact) mass is 308 g/mol. The highest BCUT2D eigenvalue weighted by Gasteiger charge is 2.25. The van der Waals surface area contributed by atoms with Gasteiger partial charge in [-0.2, -0.15) is 0 Å². The van der Waals surface area contributed by atoms with Crippen molar-refractivity contribution in [2.45, 2.75) is 32.3 Å². The topological polar surface area (TPSA) is 68.3 Å². The van der Waals surface area contributed by atoms with Crippen molar-refractivity contribution in [3.63, 3.8) is 0 Å². The smallest absolute Gasteiger partial charge is 0.310 e. The number of allylic oxidation sites excluding steroid dienone is 2. The Hall–Kier alpha value is -1.88. The first-order valence-corrected chi connectivity index (χ1v) is 7.22. The minimum atomic E-state index is -0.860. The quantitative estimate of drug-likeness (QED) is 0.686. The second-order valence-corrected chi connectivity index (χ2v) is 5.35. The van der Waals surface area contributed by atoms with Crippen molar-refractivity contribution in [1.82, 2.24) is 4.98 Å². The third-order valence-electron chi connectivity index (χ3n) is 3.24. The summed E-state index contributed by atoms with van der Waals surface area (Å²) in [5.74, 6) is -0.526. The summed E-state index contributed by atoms with van der Waals surface area (Å²) in [5.41, 5.74) is 0. The average Bonchev–Trinajstić information content (AvgIpc) is 2.50. The second-order valence-electron chi connectivity index (χ2n) is 4.91. The molecule has 0 fully saturated rings. The number of rotatable bonds is 4. The standard InChI is InChI=1S/C15H17ClN2O3/c1-10(21-15(20)11-5-3-2-4-6-11)14(19)18-13-8-7-12(16)9-17-13/h2-3,7-11H,4-6H2,1H3,(H,17,18,19)/t10-,11-/m1/s1. The fourth-order valence-electron chi connectivity index (χ4n) is 2.01. The Labute approximate surface area is 128 Å². The average molecular weight is 309 g/mol. The predicted octanol–water partition coefficient (Wildman–Crippen LogP) is 2.96. The molecule has 5 nitrogen and oxygen atoms in total. The number of hydrogen-bond donors (Lipinski definition) is 1. The maximum atomic E-state index is 11.9. The van der Waals surface area contributed by atoms with Crippen molar-refractivity contribution in [2.75, 3.05) is 5.32 Å². The molecule has 112 valence electrons. The lowest BCUT2D eigenvalue weighted by Gasteiger charge is -2.19. The van der Waals surface area contributed by atoms with Crippen LogP contribution in [0.5, 0.6) is 0 Å². The minimum Gasteiger partial charge on any atom is -0.452 e. The second kappa shape index (κ2) is 7.22. The van der Waals surface area contributed by atoms with Crippen molar-refractivity contribution in [1.29, 1.82) is 0 Å². The van der Waals surface area contributed by atoms with Gasteiger partial charge in [-0.25, -0.2) is 4.98 Å². The molecular formula is C15H17ClN2O3. The van der Waals surface area contributed by atoms with Crippen LogP contribution in [0, 0.1) is 5.92 Å². The molecule has 21 heavy (non-hydrogen) atoms. The Balaban J connectivity index is 1.85. The third kappa shape index (κ3) is 4.56. The van der Waals surface area contributed by atoms with Gasteiger partial charge in [0.05, 0.1) is 10.9 Å². The van der Waals surface area contributed by atoms with Crippen LogP contribution in [-0.2, 0) is 14.3 Å². The van der Waals surface area contributed by atoms with Crippen LogP contribution in [0.25, 0.3) is 0 Å². The molecule has 0 aliphatic heterocycles. The summed E-state index contributed by atoms with van der Waals surface area (Å²) in [5, 5.41) is 3.06. The van der Waals surface area contributed by atoms with E-state index >= 15 is 0 Å². The van der Waals surface area contributed by atoms with Crippen LogP contribution < -0.4 is 5.32 Å². The van der Waals surface area contributed by atoms with Gasteiger partial charge >= 0.3 is 5.97 Å². The SMILES string of the molecule is C[C@@H](OC(=O)[C@@H]1CC=CCC1)C(=O)Nc1ccc(Cl)cn1. The molecule has 1 heterocycles. The van der Waals surface area contributed by atoms with E-state index in [0.717, 1.165) is 12.8 Å². The minimum absolute atomic E-state index is 0.154. The van der Waals surface area contributed by atoms with Gasteiger partial charge in [0.15, 0.2) is 6.10 Å². The van der Waals surface area contributed by atoms with Crippen LogP contribution in [0.2, 0.25) is 5.02 Å². The van der Waals surface area contributed by atoms with Gasteiger partial charge in [0, 0.05) is 6.20 Å². The van der Waals surface area contributed by atoms with E-state index in [0.29, 0.717) is 17.3 Å². The normalized spacial score (nSPS) is 18.9. The number of ether oxygens (including phenoxy) is 1. The molecule has 2 rings (SSSR count). The number of anilines is 1. The Morgan fingerprint density at radius 1 is 1.43 bits per heavy atom. The summed E-state index contributed by atoms with van der Waals surface area (Å²) in [6.45, 7) is 1.54. The molecule has 1 aromatic heterocycles. The molecule has 1 N–H and O–H groups in total. The van der Waals surface area contributed by atoms with Gasteiger partial charge in [-0.1, -0.05) is 23.8 Å². The van der Waals surface area contributed by atoms with Crippen molar-refractivity contribution in [3.05, 3.63) is 35.5 Å². The summed E-state index contributed by atoms with van der Waals surface area (Å²) in [7, 11) is 0. The van der Waals surface area contributed by atoms with E-state index in [2.05, 4.69) is 10.3 Å². The maximum Gasteiger partial charge on any atom is 0.310 e. The van der Waals surface area contributed by atoms with E-state index in [4.69, 9.17) is 16.3 Å². The lowest BCUT2D eigenvalue weighted by Crippen LogP contribution is -2.32. The molecule has 0 spiro atoms. The zero-order valence-corrected chi connectivity index (χ0v) is 12.5. The van der Waals surface area contributed by atoms with E-state index < -0.39 is 12.0 Å². The molecule has 0 aromatic carbocycles. The highest BCUT2D eigenvalue weighted by atomic mass is 35.5. The molecule has 6 heteroatoms. The van der Waals surface area contributed by atoms with Crippen molar-refractivity contribution < 1.29 is 14.3 Å². The van der Waals surface area contributed by atoms with Crippen molar-refractivity contribution in [2.24, 2.45) is 5.92 Å². The van der Waals surface area contributed by atoms with Crippen LogP contribution in [0.15, 0.2) is 30.5 Å². The highest BCUT2D eigenvalue weighted by molar-refractivity contribution is 6.30. The van der Waals surface area contributed by atoms with Gasteiger partial charge in [0.1, 0.15) is 5.82 Å². The first-order chi connectivity index (χ1) is 10.1. The van der Waals surface area contributed by atoms with Crippen LogP contribution in [0.1, 0.15) is 26.2 Å². The van der Waals surface area contributed by atoms with E-state index in [1.165, 1.54) is 6.20 Å². The fourth-order valence-corrected chi connectivity index (χ4v) is 2.12. The number of carbonyl (C=O) groups excluding carboxylic acids is 2. The molecular weight excluding hydrogens is 292 g/mol. The predicted molar refractivity (Wildman–Crippen MR) is 79.9 cm³/mol. The summed E-state index contributed by atoms with van der Waals surface area (Å²) in [6, 6.07) is 3.20. The van der Waals surface area contributed by atoms with Gasteiger partial charge in [-0.05, 0) is 38.3 Å². The molecule has 0 saturated heterocycles. The number of hydrogen-bond acceptors (Lipinski definition) is 4. The molecule has 1 amide bonds. The van der Waals surface area contributed by atoms with Gasteiger partial charge in [0.2, 0.25) is 0 Å². The third-order valence-corrected chi connectivity index (χ3v) is 3.47.